The molecule has 3 rings (SSSR count). The lowest BCUT2D eigenvalue weighted by Gasteiger charge is -2.08. The predicted octanol–water partition coefficient (Wildman–Crippen LogP) is 5.05. The molecule has 0 radical (unpaired) electrons. The van der Waals surface area contributed by atoms with E-state index in [0.29, 0.717) is 27.2 Å². The Morgan fingerprint density at radius 2 is 1.81 bits per heavy atom. The van der Waals surface area contributed by atoms with Crippen molar-refractivity contribution in [1.29, 1.82) is 0 Å². The number of benzene rings is 2. The van der Waals surface area contributed by atoms with Crippen molar-refractivity contribution in [3.05, 3.63) is 74.3 Å². The van der Waals surface area contributed by atoms with Crippen LogP contribution in [0.4, 0.5) is 5.69 Å². The Hall–Kier alpha value is -2.28. The van der Waals surface area contributed by atoms with Crippen LogP contribution in [0.15, 0.2) is 47.3 Å². The van der Waals surface area contributed by atoms with E-state index < -0.39 is 0 Å². The first-order valence-electron chi connectivity index (χ1n) is 6.09. The zero-order valence-electron chi connectivity index (χ0n) is 10.7. The molecule has 1 heterocycles. The molecular weight excluding hydrogens is 307 g/mol. The summed E-state index contributed by atoms with van der Waals surface area (Å²) in [6, 6.07) is 12.3. The number of aromatic amines is 1. The molecule has 0 bridgehead atoms. The first kappa shape index (κ1) is 13.7. The lowest BCUT2D eigenvalue weighted by atomic mass is 10.0. The highest BCUT2D eigenvalue weighted by molar-refractivity contribution is 6.39. The third kappa shape index (κ3) is 2.29. The lowest BCUT2D eigenvalue weighted by Crippen LogP contribution is -2.09. The largest absolute Gasteiger partial charge is 0.321 e. The third-order valence-electron chi connectivity index (χ3n) is 3.20. The van der Waals surface area contributed by atoms with Crippen molar-refractivity contribution < 1.29 is 0 Å². The molecule has 0 aliphatic carbocycles. The highest BCUT2D eigenvalue weighted by Crippen LogP contribution is 2.35. The van der Waals surface area contributed by atoms with E-state index >= 15 is 0 Å². The Labute approximate surface area is 130 Å². The van der Waals surface area contributed by atoms with Crippen molar-refractivity contribution in [3.63, 3.8) is 0 Å². The molecular formula is C16H8Cl2N2O. The molecule has 3 aromatic rings. The maximum atomic E-state index is 12.3. The minimum Gasteiger partial charge on any atom is -0.321 e. The highest BCUT2D eigenvalue weighted by Gasteiger charge is 2.14. The fraction of sp³-hybridized carbons (Fsp3) is 0. The van der Waals surface area contributed by atoms with Gasteiger partial charge in [-0.25, -0.2) is 4.85 Å². The van der Waals surface area contributed by atoms with Gasteiger partial charge in [0.1, 0.15) is 0 Å². The second kappa shape index (κ2) is 5.25. The van der Waals surface area contributed by atoms with Crippen LogP contribution in [0.25, 0.3) is 26.9 Å². The van der Waals surface area contributed by atoms with E-state index in [1.807, 2.05) is 30.3 Å². The highest BCUT2D eigenvalue weighted by atomic mass is 35.5. The lowest BCUT2D eigenvalue weighted by molar-refractivity contribution is 1.31. The third-order valence-corrected chi connectivity index (χ3v) is 3.90. The van der Waals surface area contributed by atoms with Gasteiger partial charge in [0.25, 0.3) is 5.56 Å². The molecule has 0 spiro atoms. The van der Waals surface area contributed by atoms with Gasteiger partial charge in [0.2, 0.25) is 5.69 Å². The first-order chi connectivity index (χ1) is 10.1. The molecule has 0 atom stereocenters. The molecule has 0 saturated heterocycles. The number of aromatic nitrogens is 1. The number of H-pyrrole nitrogens is 1. The standard InChI is InChI=1S/C16H8Cl2N2O/c1-19-13-7-10-12(8-11(13)17)20-16(21)14(15(10)18)9-5-3-2-4-6-9/h2-8H,(H,20,21). The number of nitrogens with zero attached hydrogens (tertiary/aromatic N) is 1. The summed E-state index contributed by atoms with van der Waals surface area (Å²) in [5.74, 6) is 0. The summed E-state index contributed by atoms with van der Waals surface area (Å²) in [7, 11) is 0. The number of fused-ring (bicyclic) bond motifs is 1. The summed E-state index contributed by atoms with van der Waals surface area (Å²) >= 11 is 12.4. The molecule has 0 fully saturated rings. The molecule has 2 aromatic carbocycles. The van der Waals surface area contributed by atoms with E-state index in [1.165, 1.54) is 0 Å². The Morgan fingerprint density at radius 1 is 1.10 bits per heavy atom. The number of pyridine rings is 1. The second-order valence-electron chi connectivity index (χ2n) is 4.47. The molecule has 21 heavy (non-hydrogen) atoms. The second-order valence-corrected chi connectivity index (χ2v) is 5.26. The Morgan fingerprint density at radius 3 is 2.48 bits per heavy atom. The van der Waals surface area contributed by atoms with Crippen LogP contribution in [-0.2, 0) is 0 Å². The van der Waals surface area contributed by atoms with Crippen molar-refractivity contribution in [2.45, 2.75) is 0 Å². The average molecular weight is 315 g/mol. The summed E-state index contributed by atoms with van der Waals surface area (Å²) < 4.78 is 0. The first-order valence-corrected chi connectivity index (χ1v) is 6.85. The normalized spacial score (nSPS) is 10.5. The summed E-state index contributed by atoms with van der Waals surface area (Å²) in [6.45, 7) is 7.12. The Kier molecular flexibility index (Phi) is 3.42. The van der Waals surface area contributed by atoms with Gasteiger partial charge in [-0.3, -0.25) is 4.79 Å². The molecule has 3 nitrogen and oxygen atoms in total. The van der Waals surface area contributed by atoms with Crippen molar-refractivity contribution in [2.75, 3.05) is 0 Å². The fourth-order valence-corrected chi connectivity index (χ4v) is 2.77. The van der Waals surface area contributed by atoms with Gasteiger partial charge in [0.15, 0.2) is 0 Å². The number of nitrogens with one attached hydrogen (secondary N) is 1. The number of hydrogen-bond donors (Lipinski definition) is 1. The van der Waals surface area contributed by atoms with Crippen molar-refractivity contribution >= 4 is 39.8 Å². The van der Waals surface area contributed by atoms with Gasteiger partial charge >= 0.3 is 0 Å². The van der Waals surface area contributed by atoms with Crippen molar-refractivity contribution in [1.82, 2.24) is 4.98 Å². The van der Waals surface area contributed by atoms with E-state index in [0.717, 1.165) is 5.56 Å². The topological polar surface area (TPSA) is 37.2 Å². The van der Waals surface area contributed by atoms with E-state index in [9.17, 15) is 4.79 Å². The van der Waals surface area contributed by atoms with Crippen LogP contribution in [0.1, 0.15) is 0 Å². The zero-order chi connectivity index (χ0) is 15.0. The van der Waals surface area contributed by atoms with E-state index in [4.69, 9.17) is 29.8 Å². The van der Waals surface area contributed by atoms with Crippen LogP contribution in [-0.4, -0.2) is 4.98 Å². The number of rotatable bonds is 1. The molecule has 5 heteroatoms. The van der Waals surface area contributed by atoms with Crippen molar-refractivity contribution in [2.24, 2.45) is 0 Å². The molecule has 1 N–H and O–H groups in total. The molecule has 0 aliphatic rings. The van der Waals surface area contributed by atoms with Crippen LogP contribution < -0.4 is 5.56 Å². The summed E-state index contributed by atoms with van der Waals surface area (Å²) in [5.41, 5.74) is 1.65. The minimum absolute atomic E-state index is 0.287. The number of hydrogen-bond acceptors (Lipinski definition) is 1. The quantitative estimate of drug-likeness (QED) is 0.627. The summed E-state index contributed by atoms with van der Waals surface area (Å²) in [6.07, 6.45) is 0. The fourth-order valence-electron chi connectivity index (χ4n) is 2.21. The maximum absolute atomic E-state index is 12.3. The molecule has 0 aliphatic heterocycles. The Bertz CT molecular complexity index is 940. The van der Waals surface area contributed by atoms with Gasteiger partial charge in [-0.05, 0) is 17.7 Å². The smallest absolute Gasteiger partial charge is 0.257 e. The monoisotopic (exact) mass is 314 g/mol. The van der Waals surface area contributed by atoms with Gasteiger partial charge < -0.3 is 4.98 Å². The van der Waals surface area contributed by atoms with Gasteiger partial charge in [-0.15, -0.1) is 0 Å². The predicted molar refractivity (Wildman–Crippen MR) is 86.3 cm³/mol. The van der Waals surface area contributed by atoms with E-state index in [-0.39, 0.29) is 10.6 Å². The average Bonchev–Trinajstić information content (AvgIpc) is 2.48. The molecule has 102 valence electrons. The maximum Gasteiger partial charge on any atom is 0.257 e. The van der Waals surface area contributed by atoms with Crippen LogP contribution in [0, 0.1) is 6.57 Å². The summed E-state index contributed by atoms with van der Waals surface area (Å²) in [5, 5.41) is 1.21. The van der Waals surface area contributed by atoms with Gasteiger partial charge in [-0.2, -0.15) is 0 Å². The molecule has 0 saturated carbocycles. The van der Waals surface area contributed by atoms with E-state index in [1.54, 1.807) is 12.1 Å². The van der Waals surface area contributed by atoms with Gasteiger partial charge in [0.05, 0.1) is 17.2 Å². The molecule has 0 unspecified atom stereocenters. The van der Waals surface area contributed by atoms with Crippen LogP contribution >= 0.6 is 23.2 Å². The number of halogens is 2. The van der Waals surface area contributed by atoms with Crippen molar-refractivity contribution in [3.8, 4) is 11.1 Å². The molecule has 0 amide bonds. The SMILES string of the molecule is [C-]#[N+]c1cc2c(Cl)c(-c3ccccc3)c(=O)[nH]c2cc1Cl. The van der Waals surface area contributed by atoms with E-state index in [2.05, 4.69) is 9.83 Å². The molecule has 1 aromatic heterocycles. The summed E-state index contributed by atoms with van der Waals surface area (Å²) in [4.78, 5) is 18.4. The van der Waals surface area contributed by atoms with Crippen LogP contribution in [0.2, 0.25) is 10.0 Å². The van der Waals surface area contributed by atoms with Crippen LogP contribution in [0.5, 0.6) is 0 Å². The van der Waals surface area contributed by atoms with Gasteiger partial charge in [-0.1, -0.05) is 53.5 Å². The van der Waals surface area contributed by atoms with Gasteiger partial charge in [0, 0.05) is 15.9 Å². The Balaban J connectivity index is 2.41. The minimum atomic E-state index is -0.287. The van der Waals surface area contributed by atoms with Crippen LogP contribution in [0.3, 0.4) is 0 Å². The zero-order valence-corrected chi connectivity index (χ0v) is 12.2.